The number of nitrogens with one attached hydrogen (secondary N) is 2. The highest BCUT2D eigenvalue weighted by molar-refractivity contribution is 5.81. The second-order valence-electron chi connectivity index (χ2n) is 6.28. The average Bonchev–Trinajstić information content (AvgIpc) is 2.69. The standard InChI is InChI=1S/C21H27FN4O2/c1-3-28-19-7-5-4-6-16(19)13-25-21(24-2)26-14-17(20(23)27)12-15-8-10-18(22)11-9-15/h4-11,17H,3,12-14H2,1-2H3,(H2,23,27)(H2,24,25,26). The lowest BCUT2D eigenvalue weighted by Crippen LogP contribution is -2.42. The van der Waals surface area contributed by atoms with Crippen LogP contribution in [0.15, 0.2) is 53.5 Å². The molecule has 0 saturated heterocycles. The first-order valence-electron chi connectivity index (χ1n) is 9.22. The van der Waals surface area contributed by atoms with Crippen LogP contribution < -0.4 is 21.1 Å². The minimum Gasteiger partial charge on any atom is -0.494 e. The molecule has 28 heavy (non-hydrogen) atoms. The molecule has 0 aliphatic rings. The van der Waals surface area contributed by atoms with E-state index in [4.69, 9.17) is 10.5 Å². The Balaban J connectivity index is 1.92. The summed E-state index contributed by atoms with van der Waals surface area (Å²) < 4.78 is 18.7. The summed E-state index contributed by atoms with van der Waals surface area (Å²) in [4.78, 5) is 16.0. The molecule has 0 aliphatic carbocycles. The number of hydrogen-bond donors (Lipinski definition) is 3. The third-order valence-electron chi connectivity index (χ3n) is 4.26. The zero-order valence-corrected chi connectivity index (χ0v) is 16.2. The van der Waals surface area contributed by atoms with Crippen LogP contribution in [-0.2, 0) is 17.8 Å². The van der Waals surface area contributed by atoms with Crippen LogP contribution >= 0.6 is 0 Å². The number of carbonyl (C=O) groups is 1. The van der Waals surface area contributed by atoms with E-state index in [0.717, 1.165) is 16.9 Å². The molecule has 0 aliphatic heterocycles. The van der Waals surface area contributed by atoms with Crippen molar-refractivity contribution >= 4 is 11.9 Å². The zero-order chi connectivity index (χ0) is 20.4. The van der Waals surface area contributed by atoms with Gasteiger partial charge < -0.3 is 21.1 Å². The summed E-state index contributed by atoms with van der Waals surface area (Å²) in [6, 6.07) is 13.8. The summed E-state index contributed by atoms with van der Waals surface area (Å²) >= 11 is 0. The number of amides is 1. The van der Waals surface area contributed by atoms with Gasteiger partial charge in [0.25, 0.3) is 0 Å². The lowest BCUT2D eigenvalue weighted by Gasteiger charge is -2.18. The average molecular weight is 386 g/mol. The molecule has 1 amide bonds. The number of nitrogens with two attached hydrogens (primary N) is 1. The summed E-state index contributed by atoms with van der Waals surface area (Å²) in [5, 5.41) is 6.33. The van der Waals surface area contributed by atoms with Gasteiger partial charge in [0, 0.05) is 25.7 Å². The van der Waals surface area contributed by atoms with Gasteiger partial charge in [0.1, 0.15) is 11.6 Å². The molecule has 0 bridgehead atoms. The van der Waals surface area contributed by atoms with Crippen molar-refractivity contribution < 1.29 is 13.9 Å². The molecule has 0 aromatic heterocycles. The Kier molecular flexibility index (Phi) is 8.27. The summed E-state index contributed by atoms with van der Waals surface area (Å²) in [5.74, 6) is 0.194. The molecule has 0 heterocycles. The van der Waals surface area contributed by atoms with Gasteiger partial charge in [-0.1, -0.05) is 30.3 Å². The summed E-state index contributed by atoms with van der Waals surface area (Å²) in [7, 11) is 1.66. The molecular formula is C21H27FN4O2. The van der Waals surface area contributed by atoms with E-state index < -0.39 is 11.8 Å². The van der Waals surface area contributed by atoms with Crippen LogP contribution in [0.25, 0.3) is 0 Å². The SMILES string of the molecule is CCOc1ccccc1CNC(=NC)NCC(Cc1ccc(F)cc1)C(N)=O. The predicted octanol–water partition coefficient (Wildman–Crippen LogP) is 2.23. The topological polar surface area (TPSA) is 88.7 Å². The van der Waals surface area contributed by atoms with Gasteiger partial charge in [0.15, 0.2) is 5.96 Å². The first-order valence-corrected chi connectivity index (χ1v) is 9.22. The van der Waals surface area contributed by atoms with Crippen molar-refractivity contribution in [2.24, 2.45) is 16.6 Å². The lowest BCUT2D eigenvalue weighted by molar-refractivity contribution is -0.121. The second-order valence-corrected chi connectivity index (χ2v) is 6.28. The number of aliphatic imine (C=N–C) groups is 1. The van der Waals surface area contributed by atoms with Crippen molar-refractivity contribution in [3.8, 4) is 5.75 Å². The Morgan fingerprint density at radius 3 is 2.54 bits per heavy atom. The molecular weight excluding hydrogens is 359 g/mol. The number of hydrogen-bond acceptors (Lipinski definition) is 3. The van der Waals surface area contributed by atoms with Crippen LogP contribution in [0.1, 0.15) is 18.1 Å². The number of primary amides is 1. The van der Waals surface area contributed by atoms with Crippen LogP contribution in [-0.4, -0.2) is 32.1 Å². The predicted molar refractivity (Wildman–Crippen MR) is 109 cm³/mol. The largest absolute Gasteiger partial charge is 0.494 e. The van der Waals surface area contributed by atoms with Crippen molar-refractivity contribution in [3.05, 3.63) is 65.5 Å². The van der Waals surface area contributed by atoms with E-state index >= 15 is 0 Å². The fraction of sp³-hybridized carbons (Fsp3) is 0.333. The van der Waals surface area contributed by atoms with Gasteiger partial charge in [-0.2, -0.15) is 0 Å². The molecule has 2 aromatic carbocycles. The zero-order valence-electron chi connectivity index (χ0n) is 16.2. The smallest absolute Gasteiger partial charge is 0.222 e. The van der Waals surface area contributed by atoms with E-state index in [2.05, 4.69) is 15.6 Å². The molecule has 150 valence electrons. The summed E-state index contributed by atoms with van der Waals surface area (Å²) in [6.45, 7) is 3.37. The van der Waals surface area contributed by atoms with Crippen molar-refractivity contribution in [2.75, 3.05) is 20.2 Å². The first-order chi connectivity index (χ1) is 13.5. The second kappa shape index (κ2) is 10.9. The molecule has 6 nitrogen and oxygen atoms in total. The maximum atomic E-state index is 13.0. The normalized spacial score (nSPS) is 12.3. The maximum Gasteiger partial charge on any atom is 0.222 e. The molecule has 2 aromatic rings. The molecule has 0 fully saturated rings. The van der Waals surface area contributed by atoms with E-state index in [1.165, 1.54) is 12.1 Å². The van der Waals surface area contributed by atoms with Crippen molar-refractivity contribution in [2.45, 2.75) is 19.9 Å². The lowest BCUT2D eigenvalue weighted by atomic mass is 9.98. The fourth-order valence-corrected chi connectivity index (χ4v) is 2.74. The first kappa shape index (κ1) is 21.2. The Morgan fingerprint density at radius 1 is 1.18 bits per heavy atom. The van der Waals surface area contributed by atoms with Gasteiger partial charge in [0.05, 0.1) is 12.5 Å². The molecule has 1 unspecified atom stereocenters. The summed E-state index contributed by atoms with van der Waals surface area (Å²) in [6.07, 6.45) is 0.423. The van der Waals surface area contributed by atoms with Gasteiger partial charge in [0.2, 0.25) is 5.91 Å². The number of benzene rings is 2. The van der Waals surface area contributed by atoms with E-state index in [-0.39, 0.29) is 5.82 Å². The molecule has 2 rings (SSSR count). The summed E-state index contributed by atoms with van der Waals surface area (Å²) in [5.41, 5.74) is 7.38. The number of halogens is 1. The number of nitrogens with zero attached hydrogens (tertiary/aromatic N) is 1. The molecule has 0 saturated carbocycles. The number of guanidine groups is 1. The van der Waals surface area contributed by atoms with E-state index in [0.29, 0.717) is 32.1 Å². The van der Waals surface area contributed by atoms with Crippen LogP contribution in [0, 0.1) is 11.7 Å². The highest BCUT2D eigenvalue weighted by Crippen LogP contribution is 2.17. The fourth-order valence-electron chi connectivity index (χ4n) is 2.74. The Morgan fingerprint density at radius 2 is 1.89 bits per heavy atom. The monoisotopic (exact) mass is 386 g/mol. The number of para-hydroxylation sites is 1. The van der Waals surface area contributed by atoms with E-state index in [9.17, 15) is 9.18 Å². The maximum absolute atomic E-state index is 13.0. The Bertz CT molecular complexity index is 793. The molecule has 4 N–H and O–H groups in total. The van der Waals surface area contributed by atoms with E-state index in [1.54, 1.807) is 19.2 Å². The van der Waals surface area contributed by atoms with Gasteiger partial charge in [-0.25, -0.2) is 4.39 Å². The van der Waals surface area contributed by atoms with Gasteiger partial charge in [-0.15, -0.1) is 0 Å². The third-order valence-corrected chi connectivity index (χ3v) is 4.26. The van der Waals surface area contributed by atoms with Crippen LogP contribution in [0.4, 0.5) is 4.39 Å². The highest BCUT2D eigenvalue weighted by Gasteiger charge is 2.17. The van der Waals surface area contributed by atoms with Crippen LogP contribution in [0.2, 0.25) is 0 Å². The van der Waals surface area contributed by atoms with Crippen LogP contribution in [0.3, 0.4) is 0 Å². The molecule has 1 atom stereocenters. The number of ether oxygens (including phenoxy) is 1. The van der Waals surface area contributed by atoms with Gasteiger partial charge in [-0.3, -0.25) is 9.79 Å². The quantitative estimate of drug-likeness (QED) is 0.455. The molecule has 0 radical (unpaired) electrons. The molecule has 0 spiro atoms. The Hall–Kier alpha value is -3.09. The van der Waals surface area contributed by atoms with E-state index in [1.807, 2.05) is 31.2 Å². The van der Waals surface area contributed by atoms with Gasteiger partial charge >= 0.3 is 0 Å². The Labute approximate surface area is 165 Å². The number of carbonyl (C=O) groups excluding carboxylic acids is 1. The van der Waals surface area contributed by atoms with Crippen molar-refractivity contribution in [1.29, 1.82) is 0 Å². The third kappa shape index (κ3) is 6.57. The highest BCUT2D eigenvalue weighted by atomic mass is 19.1. The molecule has 7 heteroatoms. The number of rotatable bonds is 9. The minimum atomic E-state index is -0.445. The van der Waals surface area contributed by atoms with Gasteiger partial charge in [-0.05, 0) is 37.1 Å². The van der Waals surface area contributed by atoms with Crippen LogP contribution in [0.5, 0.6) is 5.75 Å². The van der Waals surface area contributed by atoms with Crippen molar-refractivity contribution in [1.82, 2.24) is 10.6 Å². The van der Waals surface area contributed by atoms with Crippen molar-refractivity contribution in [3.63, 3.8) is 0 Å². The minimum absolute atomic E-state index is 0.311.